The number of carbonyl (C=O) groups excluding carboxylic acids is 3. The third kappa shape index (κ3) is 5.50. The molecule has 3 saturated heterocycles. The van der Waals surface area contributed by atoms with Crippen molar-refractivity contribution in [1.82, 2.24) is 4.90 Å². The summed E-state index contributed by atoms with van der Waals surface area (Å²) in [5.41, 5.74) is 1.80. The van der Waals surface area contributed by atoms with Crippen molar-refractivity contribution in [3.05, 3.63) is 49.6 Å². The lowest BCUT2D eigenvalue weighted by Gasteiger charge is -2.41. The van der Waals surface area contributed by atoms with Gasteiger partial charge in [-0.25, -0.2) is 0 Å². The number of anilines is 2. The van der Waals surface area contributed by atoms with Crippen LogP contribution in [-0.4, -0.2) is 82.7 Å². The molecule has 0 aromatic heterocycles. The Kier molecular flexibility index (Phi) is 10.5. The number of carbonyl (C=O) groups is 3. The summed E-state index contributed by atoms with van der Waals surface area (Å²) in [7, 11) is 0. The van der Waals surface area contributed by atoms with Crippen molar-refractivity contribution in [3.63, 3.8) is 0 Å². The van der Waals surface area contributed by atoms with Gasteiger partial charge in [-0.05, 0) is 76.6 Å². The van der Waals surface area contributed by atoms with Gasteiger partial charge in [0.2, 0.25) is 5.91 Å². The van der Waals surface area contributed by atoms with E-state index in [0.29, 0.717) is 6.61 Å². The minimum atomic E-state index is -0.824. The molecule has 1 aromatic rings. The molecule has 230 valence electrons. The number of nitrogens with zero attached hydrogens (tertiary/aromatic N) is 3. The lowest BCUT2D eigenvalue weighted by Crippen LogP contribution is -2.59. The average molecular weight is 598 g/mol. The van der Waals surface area contributed by atoms with Crippen LogP contribution in [0.3, 0.4) is 0 Å². The molecular weight excluding hydrogens is 550 g/mol. The van der Waals surface area contributed by atoms with E-state index in [2.05, 4.69) is 38.8 Å². The van der Waals surface area contributed by atoms with Crippen LogP contribution in [0.15, 0.2) is 49.6 Å². The van der Waals surface area contributed by atoms with E-state index in [9.17, 15) is 19.5 Å². The highest BCUT2D eigenvalue weighted by atomic mass is 32.2. The van der Waals surface area contributed by atoms with Crippen LogP contribution in [0, 0.1) is 17.8 Å². The smallest absolute Gasteiger partial charge is 0.310 e. The molecule has 7 atom stereocenters. The number of benzene rings is 1. The zero-order chi connectivity index (χ0) is 30.6. The average Bonchev–Trinajstić information content (AvgIpc) is 3.59. The predicted octanol–water partition coefficient (Wildman–Crippen LogP) is 4.67. The number of aliphatic hydroxyl groups is 1. The first-order chi connectivity index (χ1) is 20.2. The van der Waals surface area contributed by atoms with Gasteiger partial charge in [-0.1, -0.05) is 19.1 Å². The Balaban J connectivity index is 1.69. The van der Waals surface area contributed by atoms with Gasteiger partial charge in [-0.15, -0.1) is 24.9 Å². The third-order valence-electron chi connectivity index (χ3n) is 9.34. The van der Waals surface area contributed by atoms with Crippen LogP contribution in [0.4, 0.5) is 11.4 Å². The van der Waals surface area contributed by atoms with Gasteiger partial charge in [0, 0.05) is 36.3 Å². The molecule has 9 heteroatoms. The summed E-state index contributed by atoms with van der Waals surface area (Å²) < 4.78 is 4.93. The molecule has 3 aliphatic heterocycles. The van der Waals surface area contributed by atoms with E-state index in [0.717, 1.165) is 50.1 Å². The highest BCUT2D eigenvalue weighted by Gasteiger charge is 2.77. The zero-order valence-corrected chi connectivity index (χ0v) is 26.4. The summed E-state index contributed by atoms with van der Waals surface area (Å²) in [6.07, 6.45) is 6.75. The zero-order valence-electron chi connectivity index (χ0n) is 25.5. The minimum absolute atomic E-state index is 0.0264. The van der Waals surface area contributed by atoms with E-state index in [1.807, 2.05) is 30.3 Å². The highest BCUT2D eigenvalue weighted by Crippen LogP contribution is 2.69. The van der Waals surface area contributed by atoms with Gasteiger partial charge >= 0.3 is 5.97 Å². The molecule has 3 heterocycles. The molecule has 2 amide bonds. The number of hydrogen-bond donors (Lipinski definition) is 1. The molecule has 2 bridgehead atoms. The van der Waals surface area contributed by atoms with Crippen molar-refractivity contribution < 1.29 is 24.2 Å². The first-order valence-corrected chi connectivity index (χ1v) is 16.2. The lowest BCUT2D eigenvalue weighted by molar-refractivity contribution is -0.155. The number of allylic oxidation sites excluding steroid dienone is 1. The molecule has 0 aliphatic carbocycles. The second-order valence-corrected chi connectivity index (χ2v) is 13.3. The number of rotatable bonds is 15. The van der Waals surface area contributed by atoms with Crippen LogP contribution in [0.25, 0.3) is 0 Å². The number of thioether (sulfide) groups is 1. The van der Waals surface area contributed by atoms with Crippen molar-refractivity contribution in [1.29, 1.82) is 0 Å². The molecule has 0 saturated carbocycles. The van der Waals surface area contributed by atoms with E-state index in [-0.39, 0.29) is 42.1 Å². The van der Waals surface area contributed by atoms with Gasteiger partial charge < -0.3 is 24.5 Å². The van der Waals surface area contributed by atoms with E-state index in [1.165, 1.54) is 0 Å². The first kappa shape index (κ1) is 32.1. The number of likely N-dealkylation sites (tertiary alicyclic amines) is 1. The molecule has 3 fully saturated rings. The molecule has 1 spiro atoms. The molecule has 1 aromatic carbocycles. The van der Waals surface area contributed by atoms with Gasteiger partial charge in [0.05, 0.1) is 35.8 Å². The van der Waals surface area contributed by atoms with Crippen LogP contribution < -0.4 is 9.80 Å². The van der Waals surface area contributed by atoms with Crippen LogP contribution in [0.2, 0.25) is 0 Å². The van der Waals surface area contributed by atoms with Crippen LogP contribution in [-0.2, 0) is 19.1 Å². The number of ether oxygens (including phenoxy) is 1. The Hall–Kier alpha value is -2.78. The molecule has 3 unspecified atom stereocenters. The quantitative estimate of drug-likeness (QED) is 0.179. The van der Waals surface area contributed by atoms with Crippen LogP contribution in [0.5, 0.6) is 0 Å². The Labute approximate surface area is 255 Å². The summed E-state index contributed by atoms with van der Waals surface area (Å²) in [4.78, 5) is 48.0. The monoisotopic (exact) mass is 597 g/mol. The number of esters is 1. The molecule has 1 N–H and O–H groups in total. The summed E-state index contributed by atoms with van der Waals surface area (Å²) in [5, 5.41) is 10.1. The Morgan fingerprint density at radius 1 is 1.17 bits per heavy atom. The highest BCUT2D eigenvalue weighted by molar-refractivity contribution is 8.02. The van der Waals surface area contributed by atoms with Crippen molar-refractivity contribution in [2.75, 3.05) is 42.6 Å². The molecule has 4 rings (SSSR count). The molecule has 0 radical (unpaired) electrons. The van der Waals surface area contributed by atoms with E-state index < -0.39 is 28.7 Å². The number of fused-ring (bicyclic) bond motifs is 1. The number of unbranched alkanes of at least 4 members (excludes halogenated alkanes) is 2. The maximum atomic E-state index is 14.7. The maximum absolute atomic E-state index is 14.7. The molecule has 8 nitrogen and oxygen atoms in total. The van der Waals surface area contributed by atoms with Gasteiger partial charge in [0.1, 0.15) is 6.04 Å². The molecular formula is C33H47N3O5S. The van der Waals surface area contributed by atoms with Gasteiger partial charge in [0.25, 0.3) is 5.91 Å². The maximum Gasteiger partial charge on any atom is 0.310 e. The SMILES string of the molecule is C=CCCCCOC(=O)[C@@H]1[C@@H]2CC(C)C3(S2)C(C(=O)N(CC=C)c2ccc(N(CC)CC)cc2)N([C@H](C)CO)C(=O)[C@H]13. The predicted molar refractivity (Wildman–Crippen MR) is 170 cm³/mol. The number of amides is 2. The second kappa shape index (κ2) is 13.7. The number of hydrogen-bond acceptors (Lipinski definition) is 7. The largest absolute Gasteiger partial charge is 0.465 e. The van der Waals surface area contributed by atoms with Crippen molar-refractivity contribution >= 4 is 40.9 Å². The van der Waals surface area contributed by atoms with Crippen molar-refractivity contribution in [2.45, 2.75) is 75.5 Å². The van der Waals surface area contributed by atoms with Crippen LogP contribution in [0.1, 0.15) is 53.4 Å². The fraction of sp³-hybridized carbons (Fsp3) is 0.606. The van der Waals surface area contributed by atoms with Gasteiger partial charge in [-0.3, -0.25) is 14.4 Å². The van der Waals surface area contributed by atoms with Gasteiger partial charge in [0.15, 0.2) is 0 Å². The summed E-state index contributed by atoms with van der Waals surface area (Å²) in [6, 6.07) is 6.51. The Morgan fingerprint density at radius 3 is 2.43 bits per heavy atom. The van der Waals surface area contributed by atoms with E-state index >= 15 is 0 Å². The standard InChI is InChI=1S/C33H47N3O5S/c1-7-11-12-13-19-41-32(40)27-26-20-22(5)33(42-26)28(27)30(38)36(23(6)21-37)29(33)31(39)35(18-8-2)25-16-14-24(15-17-25)34(9-3)10-4/h7-8,14-17,22-23,26-29,37H,1-2,9-13,18-21H2,3-6H3/t22?,23-,26+,27-,28+,29?,33?/m1/s1. The normalized spacial score (nSPS) is 28.4. The van der Waals surface area contributed by atoms with Crippen molar-refractivity contribution in [2.24, 2.45) is 17.8 Å². The summed E-state index contributed by atoms with van der Waals surface area (Å²) in [6.45, 7) is 17.8. The first-order valence-electron chi connectivity index (χ1n) is 15.4. The summed E-state index contributed by atoms with van der Waals surface area (Å²) >= 11 is 1.62. The van der Waals surface area contributed by atoms with Gasteiger partial charge in [-0.2, -0.15) is 0 Å². The second-order valence-electron chi connectivity index (χ2n) is 11.7. The van der Waals surface area contributed by atoms with E-state index in [1.54, 1.807) is 34.6 Å². The fourth-order valence-electron chi connectivity index (χ4n) is 7.26. The fourth-order valence-corrected chi connectivity index (χ4v) is 9.65. The van der Waals surface area contributed by atoms with Crippen LogP contribution >= 0.6 is 11.8 Å². The minimum Gasteiger partial charge on any atom is -0.465 e. The molecule has 42 heavy (non-hydrogen) atoms. The lowest BCUT2D eigenvalue weighted by atomic mass is 9.66. The molecule has 3 aliphatic rings. The van der Waals surface area contributed by atoms with Crippen molar-refractivity contribution in [3.8, 4) is 0 Å². The number of aliphatic hydroxyl groups excluding tert-OH is 1. The Bertz CT molecular complexity index is 1150. The topological polar surface area (TPSA) is 90.4 Å². The third-order valence-corrected chi connectivity index (χ3v) is 11.4. The van der Waals surface area contributed by atoms with E-state index in [4.69, 9.17) is 4.74 Å². The Morgan fingerprint density at radius 2 is 1.83 bits per heavy atom. The summed E-state index contributed by atoms with van der Waals surface area (Å²) in [5.74, 6) is -2.04.